The molecular weight excluding hydrogens is 163 g/mol. The summed E-state index contributed by atoms with van der Waals surface area (Å²) >= 11 is 0. The van der Waals surface area contributed by atoms with Crippen molar-refractivity contribution in [3.05, 3.63) is 40.9 Å². The van der Waals surface area contributed by atoms with Crippen molar-refractivity contribution in [2.75, 3.05) is 0 Å². The van der Waals surface area contributed by atoms with Gasteiger partial charge in [0.15, 0.2) is 0 Å². The first-order valence-electron chi connectivity index (χ1n) is 4.20. The molecular formula is C10H13BO2. The van der Waals surface area contributed by atoms with Gasteiger partial charge in [0.2, 0.25) is 0 Å². The van der Waals surface area contributed by atoms with Gasteiger partial charge in [-0.2, -0.15) is 0 Å². The van der Waals surface area contributed by atoms with E-state index in [1.165, 1.54) is 17.1 Å². The summed E-state index contributed by atoms with van der Waals surface area (Å²) in [4.78, 5) is 0. The molecule has 0 aliphatic heterocycles. The average Bonchev–Trinajstić information content (AvgIpc) is 1.99. The van der Waals surface area contributed by atoms with Crippen molar-refractivity contribution in [3.8, 4) is 0 Å². The highest BCUT2D eigenvalue weighted by atomic mass is 16.4. The van der Waals surface area contributed by atoms with Crippen LogP contribution in [-0.2, 0) is 0 Å². The first-order chi connectivity index (χ1) is 6.08. The molecule has 3 heteroatoms. The van der Waals surface area contributed by atoms with E-state index in [9.17, 15) is 0 Å². The van der Waals surface area contributed by atoms with Crippen LogP contribution in [0.15, 0.2) is 24.2 Å². The van der Waals surface area contributed by atoms with Gasteiger partial charge in [-0.3, -0.25) is 0 Å². The van der Waals surface area contributed by atoms with E-state index in [1.54, 1.807) is 6.08 Å². The van der Waals surface area contributed by atoms with Crippen molar-refractivity contribution in [2.45, 2.75) is 13.8 Å². The average molecular weight is 176 g/mol. The van der Waals surface area contributed by atoms with E-state index in [4.69, 9.17) is 10.0 Å². The summed E-state index contributed by atoms with van der Waals surface area (Å²) in [5.41, 5.74) is 3.34. The molecule has 0 aliphatic carbocycles. The minimum atomic E-state index is -1.37. The lowest BCUT2D eigenvalue weighted by molar-refractivity contribution is 0.424. The number of rotatable bonds is 2. The zero-order valence-corrected chi connectivity index (χ0v) is 7.86. The Balaban J connectivity index is 2.89. The summed E-state index contributed by atoms with van der Waals surface area (Å²) in [6.45, 7) is 4.03. The first kappa shape index (κ1) is 10.0. The van der Waals surface area contributed by atoms with Crippen molar-refractivity contribution in [3.63, 3.8) is 0 Å². The van der Waals surface area contributed by atoms with Crippen molar-refractivity contribution >= 4 is 13.2 Å². The third-order valence-corrected chi connectivity index (χ3v) is 1.70. The molecule has 0 saturated heterocycles. The molecule has 0 heterocycles. The minimum absolute atomic E-state index is 0.991. The number of hydrogen-bond acceptors (Lipinski definition) is 2. The topological polar surface area (TPSA) is 40.5 Å². The van der Waals surface area contributed by atoms with E-state index in [0.29, 0.717) is 0 Å². The molecule has 0 unspecified atom stereocenters. The molecule has 2 N–H and O–H groups in total. The summed E-state index contributed by atoms with van der Waals surface area (Å²) in [5.74, 6) is 1.34. The fourth-order valence-corrected chi connectivity index (χ4v) is 1.30. The molecule has 0 aromatic heterocycles. The van der Waals surface area contributed by atoms with Gasteiger partial charge in [-0.1, -0.05) is 41.4 Å². The Labute approximate surface area is 78.7 Å². The van der Waals surface area contributed by atoms with Crippen LogP contribution in [0.3, 0.4) is 0 Å². The molecule has 1 rings (SSSR count). The van der Waals surface area contributed by atoms with Gasteiger partial charge in [0.1, 0.15) is 0 Å². The van der Waals surface area contributed by atoms with E-state index in [2.05, 4.69) is 6.07 Å². The van der Waals surface area contributed by atoms with Crippen LogP contribution >= 0.6 is 0 Å². The Kier molecular flexibility index (Phi) is 3.28. The maximum Gasteiger partial charge on any atom is 0.480 e. The lowest BCUT2D eigenvalue weighted by Crippen LogP contribution is -2.05. The number of hydrogen-bond donors (Lipinski definition) is 2. The van der Waals surface area contributed by atoms with Gasteiger partial charge >= 0.3 is 7.12 Å². The Morgan fingerprint density at radius 1 is 1.08 bits per heavy atom. The van der Waals surface area contributed by atoms with E-state index in [-0.39, 0.29) is 0 Å². The summed E-state index contributed by atoms with van der Waals surface area (Å²) < 4.78 is 0. The molecule has 0 fully saturated rings. The van der Waals surface area contributed by atoms with Crippen LogP contribution in [-0.4, -0.2) is 17.2 Å². The molecule has 13 heavy (non-hydrogen) atoms. The molecule has 0 bridgehead atoms. The lowest BCUT2D eigenvalue weighted by atomic mass is 9.90. The minimum Gasteiger partial charge on any atom is -0.424 e. The largest absolute Gasteiger partial charge is 0.480 e. The van der Waals surface area contributed by atoms with Crippen molar-refractivity contribution < 1.29 is 10.0 Å². The molecule has 1 aromatic rings. The molecule has 0 spiro atoms. The predicted octanol–water partition coefficient (Wildman–Crippen LogP) is 1.33. The highest BCUT2D eigenvalue weighted by Crippen LogP contribution is 2.10. The van der Waals surface area contributed by atoms with E-state index in [1.807, 2.05) is 26.0 Å². The second-order valence-electron chi connectivity index (χ2n) is 3.19. The van der Waals surface area contributed by atoms with Crippen LogP contribution in [0, 0.1) is 13.8 Å². The molecule has 68 valence electrons. The SMILES string of the molecule is Cc1cc(C)cc(/C=C/B(O)O)c1. The Bertz CT molecular complexity index is 298. The van der Waals surface area contributed by atoms with Crippen LogP contribution in [0.1, 0.15) is 16.7 Å². The van der Waals surface area contributed by atoms with Crippen LogP contribution in [0.5, 0.6) is 0 Å². The molecule has 0 saturated carbocycles. The highest BCUT2D eigenvalue weighted by molar-refractivity contribution is 6.48. The zero-order valence-electron chi connectivity index (χ0n) is 7.86. The van der Waals surface area contributed by atoms with E-state index in [0.717, 1.165) is 5.56 Å². The smallest absolute Gasteiger partial charge is 0.424 e. The normalized spacial score (nSPS) is 10.8. The van der Waals surface area contributed by atoms with Gasteiger partial charge in [0.05, 0.1) is 0 Å². The Morgan fingerprint density at radius 3 is 2.08 bits per heavy atom. The maximum absolute atomic E-state index is 8.62. The molecule has 0 aliphatic rings. The first-order valence-corrected chi connectivity index (χ1v) is 4.20. The van der Waals surface area contributed by atoms with Gasteiger partial charge in [0.25, 0.3) is 0 Å². The second kappa shape index (κ2) is 4.26. The van der Waals surface area contributed by atoms with Crippen molar-refractivity contribution in [1.29, 1.82) is 0 Å². The lowest BCUT2D eigenvalue weighted by Gasteiger charge is -1.99. The highest BCUT2D eigenvalue weighted by Gasteiger charge is 1.98. The Morgan fingerprint density at radius 2 is 1.62 bits per heavy atom. The zero-order chi connectivity index (χ0) is 9.84. The molecule has 2 nitrogen and oxygen atoms in total. The standard InChI is InChI=1S/C10H13BO2/c1-8-5-9(2)7-10(6-8)3-4-11(12)13/h3-7,12-13H,1-2H3/b4-3+. The van der Waals surface area contributed by atoms with Gasteiger partial charge in [-0.25, -0.2) is 0 Å². The monoisotopic (exact) mass is 176 g/mol. The summed E-state index contributed by atoms with van der Waals surface area (Å²) in [6.07, 6.45) is 1.70. The fraction of sp³-hybridized carbons (Fsp3) is 0.200. The van der Waals surface area contributed by atoms with Crippen LogP contribution in [0.2, 0.25) is 0 Å². The molecule has 0 radical (unpaired) electrons. The summed E-state index contributed by atoms with van der Waals surface area (Å²) in [5, 5.41) is 17.2. The fourth-order valence-electron chi connectivity index (χ4n) is 1.30. The number of benzene rings is 1. The number of aryl methyl sites for hydroxylation is 2. The van der Waals surface area contributed by atoms with Crippen LogP contribution in [0.4, 0.5) is 0 Å². The molecule has 0 atom stereocenters. The Hall–Kier alpha value is -1.06. The van der Waals surface area contributed by atoms with Gasteiger partial charge in [0, 0.05) is 0 Å². The van der Waals surface area contributed by atoms with E-state index >= 15 is 0 Å². The van der Waals surface area contributed by atoms with Crippen molar-refractivity contribution in [1.82, 2.24) is 0 Å². The summed E-state index contributed by atoms with van der Waals surface area (Å²) in [6, 6.07) is 6.06. The maximum atomic E-state index is 8.62. The molecule has 0 amide bonds. The second-order valence-corrected chi connectivity index (χ2v) is 3.19. The molecule has 1 aromatic carbocycles. The van der Waals surface area contributed by atoms with Crippen LogP contribution < -0.4 is 0 Å². The predicted molar refractivity (Wildman–Crippen MR) is 55.1 cm³/mol. The van der Waals surface area contributed by atoms with E-state index < -0.39 is 7.12 Å². The van der Waals surface area contributed by atoms with Gasteiger partial charge in [-0.05, 0) is 19.4 Å². The van der Waals surface area contributed by atoms with Gasteiger partial charge in [-0.15, -0.1) is 0 Å². The third-order valence-electron chi connectivity index (χ3n) is 1.70. The quantitative estimate of drug-likeness (QED) is 0.667. The third kappa shape index (κ3) is 3.44. The van der Waals surface area contributed by atoms with Crippen LogP contribution in [0.25, 0.3) is 6.08 Å². The summed E-state index contributed by atoms with van der Waals surface area (Å²) in [7, 11) is -1.37. The van der Waals surface area contributed by atoms with Gasteiger partial charge < -0.3 is 10.0 Å². The van der Waals surface area contributed by atoms with Crippen molar-refractivity contribution in [2.24, 2.45) is 0 Å².